The van der Waals surface area contributed by atoms with Crippen LogP contribution in [-0.4, -0.2) is 24.7 Å². The minimum absolute atomic E-state index is 0.184. The molecule has 7 heteroatoms. The van der Waals surface area contributed by atoms with Crippen molar-refractivity contribution in [2.24, 2.45) is 11.8 Å². The summed E-state index contributed by atoms with van der Waals surface area (Å²) < 4.78 is 30.1. The fourth-order valence-electron chi connectivity index (χ4n) is 4.96. The van der Waals surface area contributed by atoms with Crippen LogP contribution in [0.4, 0.5) is 5.69 Å². The van der Waals surface area contributed by atoms with Gasteiger partial charge in [-0.3, -0.25) is 4.72 Å². The Balaban J connectivity index is 1.45. The second-order valence-corrected chi connectivity index (χ2v) is 9.85. The molecule has 0 amide bonds. The van der Waals surface area contributed by atoms with Crippen molar-refractivity contribution in [3.63, 3.8) is 0 Å². The van der Waals surface area contributed by atoms with Gasteiger partial charge in [0.25, 0.3) is 10.0 Å². The van der Waals surface area contributed by atoms with Crippen molar-refractivity contribution in [1.82, 2.24) is 10.3 Å². The quantitative estimate of drug-likeness (QED) is 0.490. The number of hydrogen-bond donors (Lipinski definition) is 4. The third kappa shape index (κ3) is 2.86. The molecule has 0 spiro atoms. The largest absolute Gasteiger partial charge is 0.373 e. The van der Waals surface area contributed by atoms with E-state index in [2.05, 4.69) is 15.0 Å². The third-order valence-electron chi connectivity index (χ3n) is 6.37. The molecule has 2 aliphatic carbocycles. The van der Waals surface area contributed by atoms with E-state index in [1.807, 2.05) is 66.9 Å². The van der Waals surface area contributed by atoms with Gasteiger partial charge in [-0.1, -0.05) is 48.6 Å². The van der Waals surface area contributed by atoms with E-state index in [4.69, 9.17) is 0 Å². The lowest BCUT2D eigenvalue weighted by Crippen LogP contribution is -2.27. The normalized spacial score (nSPS) is 23.8. The number of aromatic nitrogens is 1. The average Bonchev–Trinajstić information content (AvgIpc) is 3.40. The highest BCUT2D eigenvalue weighted by Gasteiger charge is 2.44. The second-order valence-electron chi connectivity index (χ2n) is 8.20. The van der Waals surface area contributed by atoms with Gasteiger partial charge < -0.3 is 15.4 Å². The van der Waals surface area contributed by atoms with Gasteiger partial charge in [0.15, 0.2) is 0 Å². The van der Waals surface area contributed by atoms with Crippen LogP contribution in [-0.2, 0) is 10.0 Å². The van der Waals surface area contributed by atoms with Gasteiger partial charge in [0.05, 0.1) is 10.6 Å². The molecule has 3 atom stereocenters. The monoisotopic (exact) mass is 443 g/mol. The first kappa shape index (κ1) is 19.2. The van der Waals surface area contributed by atoms with Crippen LogP contribution in [0.1, 0.15) is 0 Å². The molecule has 3 unspecified atom stereocenters. The van der Waals surface area contributed by atoms with Crippen LogP contribution in [0.3, 0.4) is 0 Å². The van der Waals surface area contributed by atoms with E-state index < -0.39 is 16.3 Å². The van der Waals surface area contributed by atoms with Gasteiger partial charge in [-0.05, 0) is 41.5 Å². The summed E-state index contributed by atoms with van der Waals surface area (Å²) in [5.41, 5.74) is 4.75. The summed E-state index contributed by atoms with van der Waals surface area (Å²) in [7, 11) is -3.88. The molecule has 3 aromatic rings. The molecule has 3 aliphatic rings. The highest BCUT2D eigenvalue weighted by atomic mass is 32.2. The van der Waals surface area contributed by atoms with Gasteiger partial charge in [0, 0.05) is 40.2 Å². The Bertz CT molecular complexity index is 1460. The number of anilines is 1. The number of aliphatic hydroxyl groups is 1. The number of sulfonamides is 1. The number of rotatable bonds is 4. The first-order valence-corrected chi connectivity index (χ1v) is 11.9. The second kappa shape index (κ2) is 6.98. The number of hydrogen-bond acceptors (Lipinski definition) is 4. The maximum Gasteiger partial charge on any atom is 0.262 e. The molecule has 1 saturated heterocycles. The van der Waals surface area contributed by atoms with Gasteiger partial charge in [-0.15, -0.1) is 0 Å². The molecule has 2 aromatic carbocycles. The smallest absolute Gasteiger partial charge is 0.262 e. The van der Waals surface area contributed by atoms with Crippen molar-refractivity contribution < 1.29 is 13.5 Å². The van der Waals surface area contributed by atoms with E-state index >= 15 is 0 Å². The first-order valence-electron chi connectivity index (χ1n) is 10.5. The molecule has 4 N–H and O–H groups in total. The lowest BCUT2D eigenvalue weighted by atomic mass is 9.80. The van der Waals surface area contributed by atoms with Crippen LogP contribution in [0.25, 0.3) is 22.0 Å². The summed E-state index contributed by atoms with van der Waals surface area (Å²) in [4.78, 5) is 3.42. The highest BCUT2D eigenvalue weighted by Crippen LogP contribution is 2.45. The molecule has 0 saturated carbocycles. The molecule has 6 rings (SSSR count). The van der Waals surface area contributed by atoms with Gasteiger partial charge in [0.1, 0.15) is 6.23 Å². The van der Waals surface area contributed by atoms with Crippen molar-refractivity contribution in [3.05, 3.63) is 101 Å². The van der Waals surface area contributed by atoms with Gasteiger partial charge in [0.2, 0.25) is 0 Å². The Morgan fingerprint density at radius 3 is 2.66 bits per heavy atom. The summed E-state index contributed by atoms with van der Waals surface area (Å²) in [6.45, 7) is 0. The summed E-state index contributed by atoms with van der Waals surface area (Å²) in [5, 5.41) is 14.3. The van der Waals surface area contributed by atoms with E-state index in [0.717, 1.165) is 27.7 Å². The lowest BCUT2D eigenvalue weighted by molar-refractivity contribution is 0.127. The molecular weight excluding hydrogens is 422 g/mol. The SMILES string of the molecule is O=S(=O)(Nc1ccc2[nH]ccc2c1-c1ccccc1)C1=CC=C2NC(O)C3C=CC=C1C23. The molecule has 1 fully saturated rings. The Morgan fingerprint density at radius 2 is 1.81 bits per heavy atom. The first-order chi connectivity index (χ1) is 15.5. The highest BCUT2D eigenvalue weighted by molar-refractivity contribution is 7.96. The number of H-pyrrole nitrogens is 1. The summed E-state index contributed by atoms with van der Waals surface area (Å²) in [6.07, 6.45) is 10.1. The van der Waals surface area contributed by atoms with Crippen LogP contribution in [0, 0.1) is 11.8 Å². The van der Waals surface area contributed by atoms with Gasteiger partial charge in [-0.25, -0.2) is 8.42 Å². The number of benzene rings is 2. The Hall–Kier alpha value is -3.55. The van der Waals surface area contributed by atoms with Gasteiger partial charge >= 0.3 is 0 Å². The van der Waals surface area contributed by atoms with Crippen molar-refractivity contribution in [3.8, 4) is 11.1 Å². The number of aliphatic hydroxyl groups excluding tert-OH is 1. The van der Waals surface area contributed by atoms with Crippen molar-refractivity contribution in [2.45, 2.75) is 6.23 Å². The maximum absolute atomic E-state index is 13.6. The van der Waals surface area contributed by atoms with E-state index in [-0.39, 0.29) is 16.7 Å². The summed E-state index contributed by atoms with van der Waals surface area (Å²) >= 11 is 0. The van der Waals surface area contributed by atoms with E-state index in [0.29, 0.717) is 11.3 Å². The predicted molar refractivity (Wildman–Crippen MR) is 126 cm³/mol. The van der Waals surface area contributed by atoms with Crippen molar-refractivity contribution >= 4 is 26.6 Å². The van der Waals surface area contributed by atoms with Crippen molar-refractivity contribution in [2.75, 3.05) is 4.72 Å². The van der Waals surface area contributed by atoms with E-state index in [1.165, 1.54) is 0 Å². The fourth-order valence-corrected chi connectivity index (χ4v) is 6.28. The Morgan fingerprint density at radius 1 is 0.969 bits per heavy atom. The minimum Gasteiger partial charge on any atom is -0.373 e. The zero-order valence-electron chi connectivity index (χ0n) is 17.0. The molecular formula is C25H21N3O3S. The third-order valence-corrected chi connectivity index (χ3v) is 7.81. The summed E-state index contributed by atoms with van der Waals surface area (Å²) in [5.74, 6) is -0.372. The fraction of sp³-hybridized carbons (Fsp3) is 0.120. The lowest BCUT2D eigenvalue weighted by Gasteiger charge is -2.28. The van der Waals surface area contributed by atoms with Crippen LogP contribution >= 0.6 is 0 Å². The average molecular weight is 444 g/mol. The topological polar surface area (TPSA) is 94.2 Å². The molecule has 2 heterocycles. The Labute approximate surface area is 185 Å². The van der Waals surface area contributed by atoms with Crippen LogP contribution in [0.5, 0.6) is 0 Å². The summed E-state index contributed by atoms with van der Waals surface area (Å²) in [6, 6.07) is 15.4. The molecule has 1 aromatic heterocycles. The molecule has 0 radical (unpaired) electrons. The standard InChI is InChI=1S/C25H21N3O3S/c29-25-18-8-4-7-17-22(12-11-20(27-25)24(17)18)32(30,31)28-21-10-9-19-16(13-14-26-19)23(21)15-5-2-1-3-6-15/h1-14,18,24-29H. The molecule has 6 nitrogen and oxygen atoms in total. The number of nitrogens with one attached hydrogen (secondary N) is 3. The predicted octanol–water partition coefficient (Wildman–Crippen LogP) is 4.01. The van der Waals surface area contributed by atoms with E-state index in [9.17, 15) is 13.5 Å². The number of fused-ring (bicyclic) bond motifs is 1. The van der Waals surface area contributed by atoms with Crippen LogP contribution in [0.2, 0.25) is 0 Å². The van der Waals surface area contributed by atoms with Crippen molar-refractivity contribution in [1.29, 1.82) is 0 Å². The zero-order valence-corrected chi connectivity index (χ0v) is 17.8. The van der Waals surface area contributed by atoms with Crippen LogP contribution in [0.15, 0.2) is 101 Å². The van der Waals surface area contributed by atoms with Crippen LogP contribution < -0.4 is 10.0 Å². The molecule has 1 aliphatic heterocycles. The molecule has 0 bridgehead atoms. The number of aromatic amines is 1. The number of allylic oxidation sites excluding steroid dienone is 6. The maximum atomic E-state index is 13.6. The molecule has 160 valence electrons. The Kier molecular flexibility index (Phi) is 4.18. The van der Waals surface area contributed by atoms with E-state index in [1.54, 1.807) is 18.2 Å². The zero-order chi connectivity index (χ0) is 21.9. The van der Waals surface area contributed by atoms with Gasteiger partial charge in [-0.2, -0.15) is 0 Å². The molecule has 32 heavy (non-hydrogen) atoms. The minimum atomic E-state index is -3.88.